The first kappa shape index (κ1) is 15.7. The van der Waals surface area contributed by atoms with Gasteiger partial charge in [-0.25, -0.2) is 4.68 Å². The summed E-state index contributed by atoms with van der Waals surface area (Å²) >= 11 is 3.58. The molecule has 0 radical (unpaired) electrons. The molecule has 2 aromatic rings. The maximum Gasteiger partial charge on any atom is 0.269 e. The third-order valence-electron chi connectivity index (χ3n) is 2.95. The summed E-state index contributed by atoms with van der Waals surface area (Å²) in [6.07, 6.45) is 1.72. The Morgan fingerprint density at radius 1 is 1.38 bits per heavy atom. The molecule has 1 aromatic heterocycles. The molecule has 1 heterocycles. The van der Waals surface area contributed by atoms with E-state index in [1.54, 1.807) is 16.9 Å². The zero-order valence-electron chi connectivity index (χ0n) is 12.4. The van der Waals surface area contributed by atoms with Crippen molar-refractivity contribution in [2.24, 2.45) is 5.73 Å². The molecule has 0 saturated heterocycles. The lowest BCUT2D eigenvalue weighted by Crippen LogP contribution is -2.35. The van der Waals surface area contributed by atoms with Crippen LogP contribution in [-0.2, 0) is 6.54 Å². The van der Waals surface area contributed by atoms with Crippen LogP contribution in [0.2, 0.25) is 0 Å². The SMILES string of the molecule is CC(C)(C)NCc1ccc(-n2ccc(C(N)=O)n2)cc1Br. The average molecular weight is 351 g/mol. The molecular weight excluding hydrogens is 332 g/mol. The van der Waals surface area contributed by atoms with E-state index in [0.29, 0.717) is 0 Å². The maximum atomic E-state index is 11.1. The van der Waals surface area contributed by atoms with E-state index >= 15 is 0 Å². The van der Waals surface area contributed by atoms with Gasteiger partial charge in [0, 0.05) is 22.8 Å². The van der Waals surface area contributed by atoms with Gasteiger partial charge in [0.05, 0.1) is 5.69 Å². The minimum Gasteiger partial charge on any atom is -0.364 e. The Labute approximate surface area is 132 Å². The molecule has 0 saturated carbocycles. The molecule has 0 spiro atoms. The van der Waals surface area contributed by atoms with Crippen molar-refractivity contribution in [1.82, 2.24) is 15.1 Å². The van der Waals surface area contributed by atoms with Crippen LogP contribution in [0.25, 0.3) is 5.69 Å². The van der Waals surface area contributed by atoms with E-state index in [9.17, 15) is 4.79 Å². The number of rotatable bonds is 4. The number of halogens is 1. The largest absolute Gasteiger partial charge is 0.364 e. The highest BCUT2D eigenvalue weighted by Gasteiger charge is 2.11. The van der Waals surface area contributed by atoms with Gasteiger partial charge in [0.2, 0.25) is 0 Å². The number of nitrogens with two attached hydrogens (primary N) is 1. The lowest BCUT2D eigenvalue weighted by Gasteiger charge is -2.21. The second kappa shape index (κ2) is 5.99. The van der Waals surface area contributed by atoms with E-state index in [4.69, 9.17) is 5.73 Å². The minimum absolute atomic E-state index is 0.0660. The number of nitrogens with zero attached hydrogens (tertiary/aromatic N) is 2. The summed E-state index contributed by atoms with van der Waals surface area (Å²) in [5.41, 5.74) is 7.56. The second-order valence-corrected chi connectivity index (χ2v) is 6.74. The van der Waals surface area contributed by atoms with Crippen LogP contribution in [-0.4, -0.2) is 21.2 Å². The summed E-state index contributed by atoms with van der Waals surface area (Å²) in [6.45, 7) is 7.16. The van der Waals surface area contributed by atoms with Gasteiger partial charge in [-0.05, 0) is 44.5 Å². The van der Waals surface area contributed by atoms with Crippen molar-refractivity contribution in [1.29, 1.82) is 0 Å². The zero-order valence-corrected chi connectivity index (χ0v) is 13.9. The van der Waals surface area contributed by atoms with Crippen molar-refractivity contribution in [2.75, 3.05) is 0 Å². The number of carbonyl (C=O) groups is 1. The molecule has 1 amide bonds. The molecule has 21 heavy (non-hydrogen) atoms. The second-order valence-electron chi connectivity index (χ2n) is 5.89. The standard InChI is InChI=1S/C15H19BrN4O/c1-15(2,3)18-9-10-4-5-11(8-12(10)16)20-7-6-13(19-20)14(17)21/h4-8,18H,9H2,1-3H3,(H2,17,21). The van der Waals surface area contributed by atoms with Crippen molar-refractivity contribution in [3.05, 3.63) is 46.2 Å². The summed E-state index contributed by atoms with van der Waals surface area (Å²) in [4.78, 5) is 11.1. The van der Waals surface area contributed by atoms with Gasteiger partial charge in [-0.2, -0.15) is 5.10 Å². The smallest absolute Gasteiger partial charge is 0.269 e. The Morgan fingerprint density at radius 2 is 2.10 bits per heavy atom. The van der Waals surface area contributed by atoms with E-state index in [2.05, 4.69) is 47.1 Å². The van der Waals surface area contributed by atoms with Crippen molar-refractivity contribution in [2.45, 2.75) is 32.9 Å². The lowest BCUT2D eigenvalue weighted by molar-refractivity contribution is 0.0995. The van der Waals surface area contributed by atoms with E-state index in [0.717, 1.165) is 22.3 Å². The van der Waals surface area contributed by atoms with Crippen molar-refractivity contribution < 1.29 is 4.79 Å². The molecule has 0 atom stereocenters. The van der Waals surface area contributed by atoms with Crippen LogP contribution in [0.15, 0.2) is 34.9 Å². The molecular formula is C15H19BrN4O. The van der Waals surface area contributed by atoms with Gasteiger partial charge in [0.25, 0.3) is 5.91 Å². The Morgan fingerprint density at radius 3 is 2.62 bits per heavy atom. The highest BCUT2D eigenvalue weighted by molar-refractivity contribution is 9.10. The van der Waals surface area contributed by atoms with Gasteiger partial charge in [0.15, 0.2) is 0 Å². The summed E-state index contributed by atoms with van der Waals surface area (Å²) < 4.78 is 2.62. The van der Waals surface area contributed by atoms with E-state index in [1.165, 1.54) is 0 Å². The first-order valence-electron chi connectivity index (χ1n) is 6.65. The molecule has 0 aliphatic carbocycles. The fourth-order valence-electron chi connectivity index (χ4n) is 1.78. The quantitative estimate of drug-likeness (QED) is 0.889. The van der Waals surface area contributed by atoms with Crippen LogP contribution in [0.3, 0.4) is 0 Å². The molecule has 0 aliphatic rings. The first-order chi connectivity index (χ1) is 9.76. The number of hydrogen-bond donors (Lipinski definition) is 2. The Hall–Kier alpha value is -1.66. The molecule has 5 nitrogen and oxygen atoms in total. The van der Waals surface area contributed by atoms with Gasteiger partial charge in [0.1, 0.15) is 5.69 Å². The van der Waals surface area contributed by atoms with Crippen molar-refractivity contribution in [3.8, 4) is 5.69 Å². The fourth-order valence-corrected chi connectivity index (χ4v) is 2.29. The molecule has 0 aliphatic heterocycles. The summed E-state index contributed by atoms with van der Waals surface area (Å²) in [7, 11) is 0. The molecule has 0 fully saturated rings. The molecule has 0 bridgehead atoms. The molecule has 1 aromatic carbocycles. The number of aromatic nitrogens is 2. The Balaban J connectivity index is 2.20. The van der Waals surface area contributed by atoms with Crippen LogP contribution in [0.4, 0.5) is 0 Å². The van der Waals surface area contributed by atoms with E-state index < -0.39 is 5.91 Å². The third-order valence-corrected chi connectivity index (χ3v) is 3.69. The molecule has 0 unspecified atom stereocenters. The summed E-state index contributed by atoms with van der Waals surface area (Å²) in [5.74, 6) is -0.529. The van der Waals surface area contributed by atoms with Crippen molar-refractivity contribution in [3.63, 3.8) is 0 Å². The molecule has 3 N–H and O–H groups in total. The van der Waals surface area contributed by atoms with Crippen LogP contribution >= 0.6 is 15.9 Å². The van der Waals surface area contributed by atoms with Gasteiger partial charge < -0.3 is 11.1 Å². The number of carbonyl (C=O) groups excluding carboxylic acids is 1. The molecule has 112 valence electrons. The van der Waals surface area contributed by atoms with Crippen molar-refractivity contribution >= 4 is 21.8 Å². The predicted octanol–water partition coefficient (Wildman–Crippen LogP) is 2.62. The Kier molecular flexibility index (Phi) is 4.49. The number of nitrogens with one attached hydrogen (secondary N) is 1. The Bertz CT molecular complexity index is 658. The summed E-state index contributed by atoms with van der Waals surface area (Å²) in [5, 5.41) is 7.59. The number of amides is 1. The normalized spacial score (nSPS) is 11.6. The third kappa shape index (κ3) is 4.15. The predicted molar refractivity (Wildman–Crippen MR) is 86.4 cm³/mol. The first-order valence-corrected chi connectivity index (χ1v) is 7.45. The van der Waals surface area contributed by atoms with E-state index in [-0.39, 0.29) is 11.2 Å². The van der Waals surface area contributed by atoms with Gasteiger partial charge >= 0.3 is 0 Å². The number of benzene rings is 1. The van der Waals surface area contributed by atoms with Gasteiger partial charge in [-0.15, -0.1) is 0 Å². The zero-order chi connectivity index (χ0) is 15.6. The van der Waals surface area contributed by atoms with Crippen LogP contribution in [0, 0.1) is 0 Å². The average Bonchev–Trinajstić information content (AvgIpc) is 2.85. The number of hydrogen-bond acceptors (Lipinski definition) is 3. The lowest BCUT2D eigenvalue weighted by atomic mass is 10.1. The highest BCUT2D eigenvalue weighted by atomic mass is 79.9. The van der Waals surface area contributed by atoms with Gasteiger partial charge in [-0.1, -0.05) is 22.0 Å². The summed E-state index contributed by atoms with van der Waals surface area (Å²) in [6, 6.07) is 7.56. The number of primary amides is 1. The topological polar surface area (TPSA) is 72.9 Å². The van der Waals surface area contributed by atoms with Crippen LogP contribution in [0.1, 0.15) is 36.8 Å². The van der Waals surface area contributed by atoms with E-state index in [1.807, 2.05) is 18.2 Å². The fraction of sp³-hybridized carbons (Fsp3) is 0.333. The molecule has 2 rings (SSSR count). The highest BCUT2D eigenvalue weighted by Crippen LogP contribution is 2.21. The maximum absolute atomic E-state index is 11.1. The monoisotopic (exact) mass is 350 g/mol. The minimum atomic E-state index is -0.529. The molecule has 6 heteroatoms. The van der Waals surface area contributed by atoms with Gasteiger partial charge in [-0.3, -0.25) is 4.79 Å². The van der Waals surface area contributed by atoms with Crippen LogP contribution in [0.5, 0.6) is 0 Å². The van der Waals surface area contributed by atoms with Crippen LogP contribution < -0.4 is 11.1 Å².